The molecular formula is C16H17FN8O. The first-order valence-electron chi connectivity index (χ1n) is 8.19. The molecule has 9 nitrogen and oxygen atoms in total. The lowest BCUT2D eigenvalue weighted by atomic mass is 10.1. The Bertz CT molecular complexity index is 889. The maximum absolute atomic E-state index is 14.0. The number of carbonyl (C=O) groups excluding carboxylic acids is 1. The summed E-state index contributed by atoms with van der Waals surface area (Å²) in [5, 5.41) is 20.4. The van der Waals surface area contributed by atoms with E-state index in [9.17, 15) is 9.18 Å². The molecule has 3 aromatic rings. The maximum Gasteiger partial charge on any atom is 0.319 e. The molecule has 0 spiro atoms. The van der Waals surface area contributed by atoms with Gasteiger partial charge in [-0.15, -0.1) is 5.10 Å². The van der Waals surface area contributed by atoms with Crippen molar-refractivity contribution in [2.24, 2.45) is 5.41 Å². The third-order valence-corrected chi connectivity index (χ3v) is 4.45. The average Bonchev–Trinajstić information content (AvgIpc) is 3.05. The lowest BCUT2D eigenvalue weighted by Crippen LogP contribution is -2.35. The van der Waals surface area contributed by atoms with Crippen molar-refractivity contribution in [3.8, 4) is 5.69 Å². The van der Waals surface area contributed by atoms with Crippen molar-refractivity contribution in [1.29, 1.82) is 0 Å². The molecule has 4 rings (SSSR count). The van der Waals surface area contributed by atoms with Crippen LogP contribution in [0.3, 0.4) is 0 Å². The summed E-state index contributed by atoms with van der Waals surface area (Å²) in [6, 6.07) is 5.67. The molecule has 26 heavy (non-hydrogen) atoms. The molecule has 2 aromatic heterocycles. The van der Waals surface area contributed by atoms with E-state index in [0.29, 0.717) is 12.2 Å². The molecule has 1 aliphatic carbocycles. The summed E-state index contributed by atoms with van der Waals surface area (Å²) in [7, 11) is 0. The highest BCUT2D eigenvalue weighted by molar-refractivity contribution is 5.89. The molecule has 0 saturated heterocycles. The quantitative estimate of drug-likeness (QED) is 0.698. The largest absolute Gasteiger partial charge is 0.337 e. The van der Waals surface area contributed by atoms with E-state index in [4.69, 9.17) is 0 Å². The first-order chi connectivity index (χ1) is 12.6. The van der Waals surface area contributed by atoms with E-state index in [1.54, 1.807) is 6.20 Å². The molecule has 0 aliphatic heterocycles. The minimum absolute atomic E-state index is 0.0240. The normalized spacial score (nSPS) is 14.8. The second kappa shape index (κ2) is 6.54. The van der Waals surface area contributed by atoms with Gasteiger partial charge in [-0.2, -0.15) is 5.10 Å². The minimum atomic E-state index is -0.533. The van der Waals surface area contributed by atoms with Gasteiger partial charge in [-0.3, -0.25) is 4.68 Å². The SMILES string of the molecule is O=C(NCC1(Cn2cccn2)CC1)Nc1cc(-n2cnnn2)ccc1F. The minimum Gasteiger partial charge on any atom is -0.337 e. The molecule has 0 radical (unpaired) electrons. The zero-order valence-electron chi connectivity index (χ0n) is 13.8. The number of nitrogens with zero attached hydrogens (tertiary/aromatic N) is 6. The molecule has 1 aliphatic rings. The highest BCUT2D eigenvalue weighted by Crippen LogP contribution is 2.46. The summed E-state index contributed by atoms with van der Waals surface area (Å²) < 4.78 is 17.2. The molecule has 1 saturated carbocycles. The lowest BCUT2D eigenvalue weighted by Gasteiger charge is -2.17. The second-order valence-corrected chi connectivity index (χ2v) is 6.43. The average molecular weight is 356 g/mol. The van der Waals surface area contributed by atoms with E-state index < -0.39 is 11.8 Å². The zero-order chi connectivity index (χ0) is 18.0. The van der Waals surface area contributed by atoms with Crippen molar-refractivity contribution in [3.63, 3.8) is 0 Å². The van der Waals surface area contributed by atoms with Crippen LogP contribution in [0.5, 0.6) is 0 Å². The number of halogens is 1. The molecule has 10 heteroatoms. The number of carbonyl (C=O) groups is 1. The van der Waals surface area contributed by atoms with Crippen molar-refractivity contribution in [2.45, 2.75) is 19.4 Å². The number of rotatable bonds is 6. The summed E-state index contributed by atoms with van der Waals surface area (Å²) in [4.78, 5) is 12.2. The van der Waals surface area contributed by atoms with E-state index in [1.165, 1.54) is 29.2 Å². The first-order valence-corrected chi connectivity index (χ1v) is 8.19. The number of hydrogen-bond acceptors (Lipinski definition) is 5. The van der Waals surface area contributed by atoms with Crippen LogP contribution >= 0.6 is 0 Å². The molecule has 2 heterocycles. The molecule has 0 atom stereocenters. The molecule has 0 bridgehead atoms. The fourth-order valence-electron chi connectivity index (χ4n) is 2.77. The number of hydrogen-bond donors (Lipinski definition) is 2. The fraction of sp³-hybridized carbons (Fsp3) is 0.312. The predicted molar refractivity (Wildman–Crippen MR) is 90.0 cm³/mol. The number of amides is 2. The van der Waals surface area contributed by atoms with Gasteiger partial charge in [0.1, 0.15) is 12.1 Å². The van der Waals surface area contributed by atoms with Crippen LogP contribution in [0, 0.1) is 11.2 Å². The maximum atomic E-state index is 14.0. The van der Waals surface area contributed by atoms with Gasteiger partial charge in [0.25, 0.3) is 0 Å². The third-order valence-electron chi connectivity index (χ3n) is 4.45. The Morgan fingerprint density at radius 2 is 2.23 bits per heavy atom. The standard InChI is InChI=1S/C16H17FN8O/c17-13-3-2-12(25-11-19-22-23-25)8-14(13)21-15(26)18-9-16(4-5-16)10-24-7-1-6-20-24/h1-3,6-8,11H,4-5,9-10H2,(H2,18,21,26). The van der Waals surface area contributed by atoms with Gasteiger partial charge in [-0.25, -0.2) is 13.9 Å². The Hall–Kier alpha value is -3.30. The van der Waals surface area contributed by atoms with E-state index in [0.717, 1.165) is 19.4 Å². The van der Waals surface area contributed by atoms with Gasteiger partial charge in [0.15, 0.2) is 0 Å². The number of nitrogens with one attached hydrogen (secondary N) is 2. The van der Waals surface area contributed by atoms with Crippen LogP contribution in [-0.4, -0.2) is 42.6 Å². The van der Waals surface area contributed by atoms with Crippen molar-refractivity contribution >= 4 is 11.7 Å². The van der Waals surface area contributed by atoms with Gasteiger partial charge in [0, 0.05) is 30.9 Å². The Morgan fingerprint density at radius 3 is 2.92 bits per heavy atom. The molecule has 2 N–H and O–H groups in total. The summed E-state index contributed by atoms with van der Waals surface area (Å²) >= 11 is 0. The summed E-state index contributed by atoms with van der Waals surface area (Å²) in [6.45, 7) is 1.26. The van der Waals surface area contributed by atoms with Crippen LogP contribution in [0.1, 0.15) is 12.8 Å². The highest BCUT2D eigenvalue weighted by atomic mass is 19.1. The van der Waals surface area contributed by atoms with Crippen LogP contribution in [-0.2, 0) is 6.54 Å². The molecule has 1 aromatic carbocycles. The van der Waals surface area contributed by atoms with E-state index >= 15 is 0 Å². The molecule has 0 unspecified atom stereocenters. The van der Waals surface area contributed by atoms with Crippen molar-refractivity contribution in [2.75, 3.05) is 11.9 Å². The van der Waals surface area contributed by atoms with Crippen molar-refractivity contribution < 1.29 is 9.18 Å². The van der Waals surface area contributed by atoms with Crippen LogP contribution in [0.15, 0.2) is 43.0 Å². The third kappa shape index (κ3) is 3.53. The van der Waals surface area contributed by atoms with Crippen LogP contribution in [0.2, 0.25) is 0 Å². The Morgan fingerprint density at radius 1 is 1.35 bits per heavy atom. The van der Waals surface area contributed by atoms with Gasteiger partial charge in [-0.1, -0.05) is 0 Å². The number of aromatic nitrogens is 6. The Labute approximate surface area is 148 Å². The lowest BCUT2D eigenvalue weighted by molar-refractivity contribution is 0.247. The van der Waals surface area contributed by atoms with Crippen molar-refractivity contribution in [3.05, 3.63) is 48.8 Å². The van der Waals surface area contributed by atoms with Crippen LogP contribution < -0.4 is 10.6 Å². The Kier molecular flexibility index (Phi) is 4.07. The molecule has 134 valence electrons. The topological polar surface area (TPSA) is 103 Å². The number of anilines is 1. The first kappa shape index (κ1) is 16.2. The van der Waals surface area contributed by atoms with Crippen LogP contribution in [0.25, 0.3) is 5.69 Å². The summed E-state index contributed by atoms with van der Waals surface area (Å²) in [5.41, 5.74) is 0.632. The van der Waals surface area contributed by atoms with Crippen molar-refractivity contribution in [1.82, 2.24) is 35.3 Å². The predicted octanol–water partition coefficient (Wildman–Crippen LogP) is 1.60. The molecular weight excluding hydrogens is 339 g/mol. The van der Waals surface area contributed by atoms with Gasteiger partial charge >= 0.3 is 6.03 Å². The van der Waals surface area contributed by atoms with E-state index in [1.807, 2.05) is 16.9 Å². The Balaban J connectivity index is 1.37. The summed E-state index contributed by atoms with van der Waals surface area (Å²) in [6.07, 6.45) is 7.08. The fourth-order valence-corrected chi connectivity index (χ4v) is 2.77. The van der Waals surface area contributed by atoms with Gasteiger partial charge in [0.2, 0.25) is 0 Å². The number of urea groups is 1. The zero-order valence-corrected chi connectivity index (χ0v) is 13.8. The smallest absolute Gasteiger partial charge is 0.319 e. The second-order valence-electron chi connectivity index (χ2n) is 6.43. The van der Waals surface area contributed by atoms with E-state index in [-0.39, 0.29) is 11.1 Å². The van der Waals surface area contributed by atoms with E-state index in [2.05, 4.69) is 31.3 Å². The number of benzene rings is 1. The highest BCUT2D eigenvalue weighted by Gasteiger charge is 2.43. The number of tetrazole rings is 1. The van der Waals surface area contributed by atoms with Gasteiger partial charge in [-0.05, 0) is 47.5 Å². The molecule has 2 amide bonds. The monoisotopic (exact) mass is 356 g/mol. The summed E-state index contributed by atoms with van der Waals surface area (Å²) in [5.74, 6) is -0.533. The molecule has 1 fully saturated rings. The van der Waals surface area contributed by atoms with Crippen LogP contribution in [0.4, 0.5) is 14.9 Å². The van der Waals surface area contributed by atoms with Gasteiger partial charge in [0.05, 0.1) is 11.4 Å². The van der Waals surface area contributed by atoms with Gasteiger partial charge < -0.3 is 10.6 Å².